The van der Waals surface area contributed by atoms with Crippen LogP contribution in [0.2, 0.25) is 5.02 Å². The van der Waals surface area contributed by atoms with E-state index in [9.17, 15) is 14.9 Å². The molecule has 0 amide bonds. The van der Waals surface area contributed by atoms with Gasteiger partial charge in [0.25, 0.3) is 5.56 Å². The van der Waals surface area contributed by atoms with E-state index in [0.29, 0.717) is 16.7 Å². The second-order valence-electron chi connectivity index (χ2n) is 5.78. The molecule has 29 heavy (non-hydrogen) atoms. The van der Waals surface area contributed by atoms with Gasteiger partial charge < -0.3 is 4.74 Å². The van der Waals surface area contributed by atoms with Crippen LogP contribution in [-0.2, 0) is 0 Å². The van der Waals surface area contributed by atoms with Gasteiger partial charge in [-0.3, -0.25) is 14.9 Å². The van der Waals surface area contributed by atoms with Crippen molar-refractivity contribution >= 4 is 50.3 Å². The topological polar surface area (TPSA) is 99.6 Å². The summed E-state index contributed by atoms with van der Waals surface area (Å²) in [5.41, 5.74) is -0.0369. The molecule has 0 radical (unpaired) electrons. The molecule has 3 aromatic rings. The number of hydrogen-bond acceptors (Lipinski definition) is 6. The van der Waals surface area contributed by atoms with Gasteiger partial charge in [-0.05, 0) is 31.2 Å². The number of fused-ring (bicyclic) bond motifs is 1. The lowest BCUT2D eigenvalue weighted by Gasteiger charge is -2.09. The summed E-state index contributed by atoms with van der Waals surface area (Å²) >= 11 is 9.31. The molecule has 0 fully saturated rings. The van der Waals surface area contributed by atoms with Gasteiger partial charge in [0.05, 0.1) is 22.0 Å². The number of nitrogens with zero attached hydrogens (tertiary/aromatic N) is 4. The molecule has 8 nitrogen and oxygen atoms in total. The molecule has 146 valence electrons. The van der Waals surface area contributed by atoms with E-state index >= 15 is 0 Å². The van der Waals surface area contributed by atoms with Crippen molar-refractivity contribution in [2.45, 2.75) is 6.92 Å². The van der Waals surface area contributed by atoms with E-state index < -0.39 is 10.5 Å². The van der Waals surface area contributed by atoms with E-state index in [1.54, 1.807) is 25.1 Å². The van der Waals surface area contributed by atoms with Gasteiger partial charge in [-0.2, -0.15) is 9.78 Å². The van der Waals surface area contributed by atoms with Gasteiger partial charge in [0.2, 0.25) is 5.75 Å². The lowest BCUT2D eigenvalue weighted by Crippen LogP contribution is -2.20. The molecule has 0 bridgehead atoms. The SMILES string of the molecule is C#CCOc1c(C=Nn2c(C)nc3ccc(Br)cc3c2=O)cc(Cl)cc1[N+](=O)[O-]. The fourth-order valence-electron chi connectivity index (χ4n) is 2.62. The molecule has 0 N–H and O–H groups in total. The summed E-state index contributed by atoms with van der Waals surface area (Å²) in [6, 6.07) is 7.71. The van der Waals surface area contributed by atoms with Gasteiger partial charge in [0.15, 0.2) is 0 Å². The van der Waals surface area contributed by atoms with Crippen LogP contribution in [-0.4, -0.2) is 27.4 Å². The predicted octanol–water partition coefficient (Wildman–Crippen LogP) is 3.92. The number of rotatable bonds is 5. The van der Waals surface area contributed by atoms with Crippen molar-refractivity contribution in [3.63, 3.8) is 0 Å². The molecule has 3 rings (SSSR count). The minimum atomic E-state index is -0.637. The van der Waals surface area contributed by atoms with Gasteiger partial charge >= 0.3 is 5.69 Å². The van der Waals surface area contributed by atoms with Crippen molar-refractivity contribution in [2.24, 2.45) is 5.10 Å². The van der Waals surface area contributed by atoms with E-state index in [-0.39, 0.29) is 28.6 Å². The molecule has 0 aliphatic rings. The number of benzene rings is 2. The number of nitro benzene ring substituents is 1. The van der Waals surface area contributed by atoms with Gasteiger partial charge in [0.1, 0.15) is 12.4 Å². The van der Waals surface area contributed by atoms with E-state index in [1.165, 1.54) is 12.3 Å². The highest BCUT2D eigenvalue weighted by molar-refractivity contribution is 9.10. The fourth-order valence-corrected chi connectivity index (χ4v) is 3.20. The fraction of sp³-hybridized carbons (Fsp3) is 0.105. The Morgan fingerprint density at radius 2 is 2.21 bits per heavy atom. The summed E-state index contributed by atoms with van der Waals surface area (Å²) in [5.74, 6) is 2.49. The maximum atomic E-state index is 12.8. The average Bonchev–Trinajstić information content (AvgIpc) is 2.67. The summed E-state index contributed by atoms with van der Waals surface area (Å²) in [6.45, 7) is 1.43. The van der Waals surface area contributed by atoms with E-state index in [2.05, 4.69) is 31.9 Å². The van der Waals surface area contributed by atoms with Crippen LogP contribution in [0.15, 0.2) is 44.7 Å². The first-order valence-corrected chi connectivity index (χ1v) is 9.26. The molecule has 10 heteroatoms. The molecule has 0 saturated carbocycles. The van der Waals surface area contributed by atoms with Gasteiger partial charge in [-0.25, -0.2) is 4.98 Å². The van der Waals surface area contributed by atoms with Gasteiger partial charge in [-0.15, -0.1) is 6.42 Å². The molecule has 0 saturated heterocycles. The van der Waals surface area contributed by atoms with Gasteiger partial charge in [-0.1, -0.05) is 33.5 Å². The van der Waals surface area contributed by atoms with Crippen molar-refractivity contribution < 1.29 is 9.66 Å². The Balaban J connectivity index is 2.16. The third kappa shape index (κ3) is 4.29. The Morgan fingerprint density at radius 1 is 1.45 bits per heavy atom. The van der Waals surface area contributed by atoms with Crippen LogP contribution < -0.4 is 10.3 Å². The molecule has 0 unspecified atom stereocenters. The molecular weight excluding hydrogens is 464 g/mol. The van der Waals surface area contributed by atoms with Crippen LogP contribution >= 0.6 is 27.5 Å². The van der Waals surface area contributed by atoms with E-state index in [4.69, 9.17) is 22.8 Å². The maximum Gasteiger partial charge on any atom is 0.313 e. The monoisotopic (exact) mass is 474 g/mol. The minimum absolute atomic E-state index is 0.0942. The first-order chi connectivity index (χ1) is 13.8. The second-order valence-corrected chi connectivity index (χ2v) is 7.13. The highest BCUT2D eigenvalue weighted by atomic mass is 79.9. The smallest absolute Gasteiger partial charge is 0.313 e. The van der Waals surface area contributed by atoms with Crippen molar-refractivity contribution in [3.05, 3.63) is 71.7 Å². The largest absolute Gasteiger partial charge is 0.473 e. The normalized spacial score (nSPS) is 11.0. The molecule has 0 aliphatic heterocycles. The predicted molar refractivity (Wildman–Crippen MR) is 114 cm³/mol. The Bertz CT molecular complexity index is 1260. The number of hydrogen-bond donors (Lipinski definition) is 0. The zero-order chi connectivity index (χ0) is 21.1. The Labute approximate surface area is 178 Å². The highest BCUT2D eigenvalue weighted by Gasteiger charge is 2.20. The van der Waals surface area contributed by atoms with Crippen LogP contribution in [0.5, 0.6) is 5.75 Å². The second kappa shape index (κ2) is 8.43. The molecule has 0 aliphatic carbocycles. The molecule has 0 spiro atoms. The molecule has 2 aromatic carbocycles. The first kappa shape index (κ1) is 20.5. The third-order valence-electron chi connectivity index (χ3n) is 3.84. The summed E-state index contributed by atoms with van der Waals surface area (Å²) in [5, 5.41) is 16.0. The molecule has 0 atom stereocenters. The number of terminal acetylenes is 1. The number of nitro groups is 1. The van der Waals surface area contributed by atoms with E-state index in [1.807, 2.05) is 0 Å². The Morgan fingerprint density at radius 3 is 2.90 bits per heavy atom. The lowest BCUT2D eigenvalue weighted by molar-refractivity contribution is -0.385. The Kier molecular flexibility index (Phi) is 5.96. The number of ether oxygens (including phenoxy) is 1. The van der Waals surface area contributed by atoms with Crippen LogP contribution in [0.25, 0.3) is 10.9 Å². The summed E-state index contributed by atoms with van der Waals surface area (Å²) < 4.78 is 7.14. The van der Waals surface area contributed by atoms with Crippen LogP contribution in [0, 0.1) is 29.4 Å². The summed E-state index contributed by atoms with van der Waals surface area (Å²) in [6.07, 6.45) is 6.43. The van der Waals surface area contributed by atoms with Gasteiger partial charge in [0, 0.05) is 21.1 Å². The first-order valence-electron chi connectivity index (χ1n) is 8.09. The third-order valence-corrected chi connectivity index (χ3v) is 4.55. The number of aryl methyl sites for hydroxylation is 1. The number of halogens is 2. The van der Waals surface area contributed by atoms with Crippen LogP contribution in [0.3, 0.4) is 0 Å². The van der Waals surface area contributed by atoms with Crippen LogP contribution in [0.1, 0.15) is 11.4 Å². The summed E-state index contributed by atoms with van der Waals surface area (Å²) in [7, 11) is 0. The van der Waals surface area contributed by atoms with Crippen LogP contribution in [0.4, 0.5) is 5.69 Å². The van der Waals surface area contributed by atoms with E-state index in [0.717, 1.165) is 15.2 Å². The quantitative estimate of drug-likeness (QED) is 0.241. The highest BCUT2D eigenvalue weighted by Crippen LogP contribution is 2.33. The average molecular weight is 476 g/mol. The zero-order valence-corrected chi connectivity index (χ0v) is 17.3. The Hall–Kier alpha value is -3.22. The van der Waals surface area contributed by atoms with Crippen molar-refractivity contribution in [1.29, 1.82) is 0 Å². The zero-order valence-electron chi connectivity index (χ0n) is 14.9. The molecule has 1 heterocycles. The summed E-state index contributed by atoms with van der Waals surface area (Å²) in [4.78, 5) is 27.9. The van der Waals surface area contributed by atoms with Crippen molar-refractivity contribution in [3.8, 4) is 18.1 Å². The maximum absolute atomic E-state index is 12.8. The molecular formula is C19H12BrClN4O4. The van der Waals surface area contributed by atoms with Crippen molar-refractivity contribution in [1.82, 2.24) is 9.66 Å². The lowest BCUT2D eigenvalue weighted by atomic mass is 10.2. The minimum Gasteiger partial charge on any atom is -0.473 e. The molecule has 1 aromatic heterocycles. The standard InChI is InChI=1S/C19H12BrClN4O4/c1-3-6-29-18-12(7-14(21)9-17(18)25(27)28)10-22-24-11(2)23-16-5-4-13(20)8-15(16)19(24)26/h1,4-5,7-10H,6H2,2H3. The number of aromatic nitrogens is 2. The van der Waals surface area contributed by atoms with Crippen molar-refractivity contribution in [2.75, 3.05) is 6.61 Å².